The number of anilines is 1. The third kappa shape index (κ3) is 4.32. The first-order chi connectivity index (χ1) is 12.2. The van der Waals surface area contributed by atoms with Crippen molar-refractivity contribution in [2.75, 3.05) is 17.8 Å². The number of aliphatic hydroxyl groups excluding tert-OH is 1. The van der Waals surface area contributed by atoms with Gasteiger partial charge in [-0.3, -0.25) is 15.5 Å². The second-order valence-electron chi connectivity index (χ2n) is 4.91. The number of thiazole rings is 1. The molecule has 0 saturated heterocycles. The van der Waals surface area contributed by atoms with E-state index in [2.05, 4.69) is 15.5 Å². The number of nitro benzene ring substituents is 1. The first-order valence-electron chi connectivity index (χ1n) is 7.34. The molecular weight excluding hydrogens is 360 g/mol. The van der Waals surface area contributed by atoms with Crippen molar-refractivity contribution in [3.8, 4) is 0 Å². The highest BCUT2D eigenvalue weighted by Crippen LogP contribution is 2.29. The van der Waals surface area contributed by atoms with E-state index in [1.54, 1.807) is 12.1 Å². The van der Waals surface area contributed by atoms with E-state index >= 15 is 0 Å². The van der Waals surface area contributed by atoms with Gasteiger partial charge in [-0.1, -0.05) is 29.5 Å². The SMILES string of the molecule is O=[N+]([O-])c1cc(/C=N/Nc2nc3ccccc3s2)ccc1SCCO. The Morgan fingerprint density at radius 1 is 1.36 bits per heavy atom. The zero-order valence-corrected chi connectivity index (χ0v) is 14.6. The van der Waals surface area contributed by atoms with Crippen LogP contribution in [0.3, 0.4) is 0 Å². The first kappa shape index (κ1) is 17.3. The number of aromatic nitrogens is 1. The number of nitrogens with zero attached hydrogens (tertiary/aromatic N) is 3. The minimum atomic E-state index is -0.433. The third-order valence-electron chi connectivity index (χ3n) is 3.20. The molecule has 0 amide bonds. The maximum atomic E-state index is 11.2. The predicted molar refractivity (Wildman–Crippen MR) is 102 cm³/mol. The highest BCUT2D eigenvalue weighted by molar-refractivity contribution is 7.99. The Morgan fingerprint density at radius 2 is 2.20 bits per heavy atom. The number of aliphatic hydroxyl groups is 1. The van der Waals surface area contributed by atoms with Crippen molar-refractivity contribution in [1.29, 1.82) is 0 Å². The predicted octanol–water partition coefficient (Wildman–Crippen LogP) is 3.73. The molecule has 0 aliphatic rings. The molecule has 9 heteroatoms. The van der Waals surface area contributed by atoms with Gasteiger partial charge in [-0.05, 0) is 18.2 Å². The van der Waals surface area contributed by atoms with Gasteiger partial charge >= 0.3 is 0 Å². The van der Waals surface area contributed by atoms with E-state index in [4.69, 9.17) is 5.11 Å². The Bertz CT molecular complexity index is 894. The van der Waals surface area contributed by atoms with Crippen LogP contribution in [0.2, 0.25) is 0 Å². The van der Waals surface area contributed by atoms with E-state index in [0.717, 1.165) is 10.2 Å². The Hall–Kier alpha value is -2.49. The van der Waals surface area contributed by atoms with Gasteiger partial charge < -0.3 is 5.11 Å². The lowest BCUT2D eigenvalue weighted by Gasteiger charge is -2.02. The van der Waals surface area contributed by atoms with Gasteiger partial charge in [0.1, 0.15) is 0 Å². The van der Waals surface area contributed by atoms with Crippen LogP contribution in [0.15, 0.2) is 52.5 Å². The lowest BCUT2D eigenvalue weighted by atomic mass is 10.2. The molecule has 0 aliphatic carbocycles. The van der Waals surface area contributed by atoms with Gasteiger partial charge in [-0.25, -0.2) is 4.98 Å². The number of hydrogen-bond acceptors (Lipinski definition) is 8. The van der Waals surface area contributed by atoms with Crippen LogP contribution in [-0.4, -0.2) is 33.6 Å². The van der Waals surface area contributed by atoms with E-state index in [0.29, 0.717) is 21.3 Å². The molecule has 0 bridgehead atoms. The summed E-state index contributed by atoms with van der Waals surface area (Å²) in [6, 6.07) is 12.6. The van der Waals surface area contributed by atoms with Crippen molar-refractivity contribution in [2.45, 2.75) is 4.90 Å². The number of hydrogen-bond donors (Lipinski definition) is 2. The minimum absolute atomic E-state index is 0.00221. The van der Waals surface area contributed by atoms with Crippen LogP contribution >= 0.6 is 23.1 Å². The second-order valence-corrected chi connectivity index (χ2v) is 7.08. The molecule has 1 aromatic heterocycles. The van der Waals surface area contributed by atoms with E-state index < -0.39 is 4.92 Å². The van der Waals surface area contributed by atoms with Crippen LogP contribution in [0.25, 0.3) is 10.2 Å². The van der Waals surface area contributed by atoms with Crippen LogP contribution in [0.4, 0.5) is 10.8 Å². The average Bonchev–Trinajstić information content (AvgIpc) is 3.03. The molecule has 0 saturated carbocycles. The second kappa shape index (κ2) is 8.06. The lowest BCUT2D eigenvalue weighted by Crippen LogP contribution is -1.96. The molecule has 2 aromatic carbocycles. The fraction of sp³-hybridized carbons (Fsp3) is 0.125. The Balaban J connectivity index is 1.74. The quantitative estimate of drug-likeness (QED) is 0.283. The summed E-state index contributed by atoms with van der Waals surface area (Å²) in [6.45, 7) is -0.0306. The third-order valence-corrected chi connectivity index (χ3v) is 5.18. The summed E-state index contributed by atoms with van der Waals surface area (Å²) in [7, 11) is 0. The van der Waals surface area contributed by atoms with E-state index in [-0.39, 0.29) is 12.3 Å². The van der Waals surface area contributed by atoms with Crippen molar-refractivity contribution >= 4 is 50.3 Å². The zero-order valence-electron chi connectivity index (χ0n) is 13.0. The molecule has 0 radical (unpaired) electrons. The van der Waals surface area contributed by atoms with Crippen molar-refractivity contribution in [3.63, 3.8) is 0 Å². The summed E-state index contributed by atoms with van der Waals surface area (Å²) >= 11 is 2.73. The Labute approximate surface area is 151 Å². The highest BCUT2D eigenvalue weighted by Gasteiger charge is 2.14. The molecule has 0 atom stereocenters. The molecule has 0 aliphatic heterocycles. The number of hydrazone groups is 1. The van der Waals surface area contributed by atoms with Crippen molar-refractivity contribution < 1.29 is 10.0 Å². The Morgan fingerprint density at radius 3 is 2.96 bits per heavy atom. The van der Waals surface area contributed by atoms with Gasteiger partial charge in [0.2, 0.25) is 5.13 Å². The van der Waals surface area contributed by atoms with Gasteiger partial charge in [-0.2, -0.15) is 5.10 Å². The summed E-state index contributed by atoms with van der Waals surface area (Å²) < 4.78 is 1.06. The number of para-hydroxylation sites is 1. The average molecular weight is 374 g/mol. The van der Waals surface area contributed by atoms with Crippen molar-refractivity contribution in [3.05, 3.63) is 58.1 Å². The molecule has 0 spiro atoms. The van der Waals surface area contributed by atoms with Crippen LogP contribution < -0.4 is 5.43 Å². The van der Waals surface area contributed by atoms with Crippen LogP contribution in [0.5, 0.6) is 0 Å². The lowest BCUT2D eigenvalue weighted by molar-refractivity contribution is -0.387. The maximum absolute atomic E-state index is 11.2. The minimum Gasteiger partial charge on any atom is -0.396 e. The molecular formula is C16H14N4O3S2. The molecule has 2 N–H and O–H groups in total. The molecule has 128 valence electrons. The van der Waals surface area contributed by atoms with Gasteiger partial charge in [0.25, 0.3) is 5.69 Å². The molecule has 3 rings (SSSR count). The standard InChI is InChI=1S/C16H14N4O3S2/c21-7-8-24-15-6-5-11(9-13(15)20(22)23)10-17-19-16-18-12-3-1-2-4-14(12)25-16/h1-6,9-10,21H,7-8H2,(H,18,19)/b17-10+. The monoisotopic (exact) mass is 374 g/mol. The molecule has 25 heavy (non-hydrogen) atoms. The fourth-order valence-electron chi connectivity index (χ4n) is 2.12. The number of rotatable bonds is 7. The Kier molecular flexibility index (Phi) is 5.59. The number of thioether (sulfide) groups is 1. The normalized spacial score (nSPS) is 11.2. The molecule has 7 nitrogen and oxygen atoms in total. The summed E-state index contributed by atoms with van der Waals surface area (Å²) in [4.78, 5) is 15.7. The summed E-state index contributed by atoms with van der Waals surface area (Å²) in [5, 5.41) is 24.8. The van der Waals surface area contributed by atoms with Gasteiger partial charge in [0, 0.05) is 17.4 Å². The topological polar surface area (TPSA) is 101 Å². The number of fused-ring (bicyclic) bond motifs is 1. The largest absolute Gasteiger partial charge is 0.396 e. The molecule has 0 unspecified atom stereocenters. The summed E-state index contributed by atoms with van der Waals surface area (Å²) in [5.74, 6) is 0.410. The maximum Gasteiger partial charge on any atom is 0.283 e. The summed E-state index contributed by atoms with van der Waals surface area (Å²) in [6.07, 6.45) is 1.51. The zero-order chi connectivity index (χ0) is 17.6. The van der Waals surface area contributed by atoms with Crippen molar-refractivity contribution in [1.82, 2.24) is 4.98 Å². The van der Waals surface area contributed by atoms with Gasteiger partial charge in [-0.15, -0.1) is 11.8 Å². The highest BCUT2D eigenvalue weighted by atomic mass is 32.2. The van der Waals surface area contributed by atoms with Crippen LogP contribution in [0, 0.1) is 10.1 Å². The number of nitro groups is 1. The van der Waals surface area contributed by atoms with Crippen LogP contribution in [0.1, 0.15) is 5.56 Å². The van der Waals surface area contributed by atoms with Crippen LogP contribution in [-0.2, 0) is 0 Å². The number of benzene rings is 2. The van der Waals surface area contributed by atoms with Gasteiger partial charge in [0.05, 0.1) is 32.9 Å². The van der Waals surface area contributed by atoms with E-state index in [9.17, 15) is 10.1 Å². The van der Waals surface area contributed by atoms with E-state index in [1.165, 1.54) is 35.4 Å². The molecule has 3 aromatic rings. The first-order valence-corrected chi connectivity index (χ1v) is 9.14. The summed E-state index contributed by atoms with van der Waals surface area (Å²) in [5.41, 5.74) is 4.35. The number of nitrogens with one attached hydrogen (secondary N) is 1. The fourth-order valence-corrected chi connectivity index (χ4v) is 3.69. The molecule has 0 fully saturated rings. The smallest absolute Gasteiger partial charge is 0.283 e. The molecule has 1 heterocycles. The van der Waals surface area contributed by atoms with Crippen molar-refractivity contribution in [2.24, 2.45) is 5.10 Å². The van der Waals surface area contributed by atoms with Gasteiger partial charge in [0.15, 0.2) is 0 Å². The van der Waals surface area contributed by atoms with E-state index in [1.807, 2.05) is 24.3 Å².